The zero-order valence-corrected chi connectivity index (χ0v) is 16.2. The van der Waals surface area contributed by atoms with E-state index in [0.717, 1.165) is 37.4 Å². The first-order valence-corrected chi connectivity index (χ1v) is 10.3. The lowest BCUT2D eigenvalue weighted by atomic mass is 9.80. The average Bonchev–Trinajstić information content (AvgIpc) is 3.13. The van der Waals surface area contributed by atoms with Crippen molar-refractivity contribution in [2.75, 3.05) is 11.1 Å². The maximum Gasteiger partial charge on any atom is 0.281 e. The maximum atomic E-state index is 14.8. The molecule has 0 spiro atoms. The van der Waals surface area contributed by atoms with E-state index in [0.29, 0.717) is 11.3 Å². The molecule has 29 heavy (non-hydrogen) atoms. The second kappa shape index (κ2) is 7.92. The molecule has 4 rings (SSSR count). The monoisotopic (exact) mass is 423 g/mol. The van der Waals surface area contributed by atoms with Gasteiger partial charge in [0, 0.05) is 17.0 Å². The summed E-state index contributed by atoms with van der Waals surface area (Å²) in [4.78, 5) is 19.7. The summed E-state index contributed by atoms with van der Waals surface area (Å²) < 4.78 is 40.0. The molecule has 4 N–H and O–H groups in total. The van der Waals surface area contributed by atoms with Crippen molar-refractivity contribution in [1.82, 2.24) is 15.3 Å². The molecular weight excluding hydrogens is 403 g/mol. The number of nitrogens with two attached hydrogens (primary N) is 1. The fraction of sp³-hybridized carbons (Fsp3) is 0.421. The molecule has 1 unspecified atom stereocenters. The lowest BCUT2D eigenvalue weighted by Gasteiger charge is -2.43. The number of alkyl halides is 2. The van der Waals surface area contributed by atoms with Gasteiger partial charge in [-0.1, -0.05) is 6.42 Å². The summed E-state index contributed by atoms with van der Waals surface area (Å²) in [5.74, 6) is 0.124. The van der Waals surface area contributed by atoms with Gasteiger partial charge >= 0.3 is 0 Å². The van der Waals surface area contributed by atoms with Crippen LogP contribution in [0.15, 0.2) is 30.6 Å². The Hall–Kier alpha value is -2.17. The standard InChI is InChI=1S/C19H20F3N5OS/c20-13-4-3-11(26-17(28)15-8-24-14(7-25-15)16(21)22)6-12(13)19-5-1-2-10(19)9-29-18(23)27-19/h3-4,6-8,10,16,18,27H,1-2,5,9,23H2,(H,26,28)/t10-,18?,19-/m0/s1. The molecule has 1 aliphatic carbocycles. The highest BCUT2D eigenvalue weighted by molar-refractivity contribution is 7.99. The molecule has 1 amide bonds. The van der Waals surface area contributed by atoms with Gasteiger partial charge in [-0.15, -0.1) is 11.8 Å². The van der Waals surface area contributed by atoms with E-state index in [9.17, 15) is 18.0 Å². The smallest absolute Gasteiger partial charge is 0.281 e. The normalized spacial score (nSPS) is 26.4. The molecule has 2 aliphatic rings. The predicted molar refractivity (Wildman–Crippen MR) is 104 cm³/mol. The molecule has 6 nitrogen and oxygen atoms in total. The number of fused-ring (bicyclic) bond motifs is 1. The second-order valence-electron chi connectivity index (χ2n) is 7.23. The summed E-state index contributed by atoms with van der Waals surface area (Å²) >= 11 is 1.61. The number of hydrogen-bond donors (Lipinski definition) is 3. The third-order valence-electron chi connectivity index (χ3n) is 5.53. The number of amides is 1. The van der Waals surface area contributed by atoms with Crippen molar-refractivity contribution in [3.63, 3.8) is 0 Å². The molecule has 2 aromatic rings. The molecule has 2 heterocycles. The summed E-state index contributed by atoms with van der Waals surface area (Å²) in [7, 11) is 0. The second-order valence-corrected chi connectivity index (χ2v) is 8.41. The van der Waals surface area contributed by atoms with E-state index in [4.69, 9.17) is 5.73 Å². The van der Waals surface area contributed by atoms with Crippen molar-refractivity contribution >= 4 is 23.4 Å². The number of nitrogens with zero attached hydrogens (tertiary/aromatic N) is 2. The molecule has 0 radical (unpaired) electrons. The van der Waals surface area contributed by atoms with E-state index in [1.807, 2.05) is 0 Å². The minimum atomic E-state index is -2.76. The van der Waals surface area contributed by atoms with Crippen LogP contribution in [0.3, 0.4) is 0 Å². The molecule has 1 aliphatic heterocycles. The van der Waals surface area contributed by atoms with Gasteiger partial charge in [0.05, 0.1) is 17.9 Å². The molecular formula is C19H20F3N5OS. The average molecular weight is 423 g/mol. The van der Waals surface area contributed by atoms with Crippen LogP contribution in [0.5, 0.6) is 0 Å². The van der Waals surface area contributed by atoms with Crippen LogP contribution in [0.4, 0.5) is 18.9 Å². The topological polar surface area (TPSA) is 92.9 Å². The van der Waals surface area contributed by atoms with Crippen LogP contribution in [0, 0.1) is 11.7 Å². The van der Waals surface area contributed by atoms with Gasteiger partial charge in [0.25, 0.3) is 12.3 Å². The number of hydrogen-bond acceptors (Lipinski definition) is 6. The Kier molecular flexibility index (Phi) is 5.50. The first kappa shape index (κ1) is 20.1. The lowest BCUT2D eigenvalue weighted by Crippen LogP contribution is -2.57. The summed E-state index contributed by atoms with van der Waals surface area (Å²) in [6.07, 6.45) is 1.81. The highest BCUT2D eigenvalue weighted by atomic mass is 32.2. The van der Waals surface area contributed by atoms with E-state index in [-0.39, 0.29) is 22.9 Å². The predicted octanol–water partition coefficient (Wildman–Crippen LogP) is 3.38. The van der Waals surface area contributed by atoms with Crippen molar-refractivity contribution in [3.05, 3.63) is 53.4 Å². The van der Waals surface area contributed by atoms with Crippen molar-refractivity contribution in [2.45, 2.75) is 36.7 Å². The number of thioether (sulfide) groups is 1. The number of carbonyl (C=O) groups is 1. The van der Waals surface area contributed by atoms with Gasteiger partial charge in [0.15, 0.2) is 0 Å². The molecule has 10 heteroatoms. The van der Waals surface area contributed by atoms with Crippen LogP contribution < -0.4 is 16.4 Å². The van der Waals surface area contributed by atoms with E-state index in [1.165, 1.54) is 12.1 Å². The van der Waals surface area contributed by atoms with Crippen LogP contribution in [0.2, 0.25) is 0 Å². The zero-order chi connectivity index (χ0) is 20.6. The quantitative estimate of drug-likeness (QED) is 0.698. The Morgan fingerprint density at radius 2 is 2.17 bits per heavy atom. The van der Waals surface area contributed by atoms with Crippen LogP contribution in [-0.2, 0) is 5.54 Å². The highest BCUT2D eigenvalue weighted by Gasteiger charge is 2.49. The minimum absolute atomic E-state index is 0.105. The van der Waals surface area contributed by atoms with Gasteiger partial charge in [0.2, 0.25) is 0 Å². The van der Waals surface area contributed by atoms with E-state index < -0.39 is 23.6 Å². The van der Waals surface area contributed by atoms with Crippen LogP contribution in [0.25, 0.3) is 0 Å². The van der Waals surface area contributed by atoms with Crippen molar-refractivity contribution in [2.24, 2.45) is 11.7 Å². The fourth-order valence-corrected chi connectivity index (χ4v) is 5.33. The largest absolute Gasteiger partial charge is 0.321 e. The van der Waals surface area contributed by atoms with Crippen LogP contribution in [0.1, 0.15) is 47.4 Å². The van der Waals surface area contributed by atoms with Gasteiger partial charge in [-0.2, -0.15) is 0 Å². The fourth-order valence-electron chi connectivity index (χ4n) is 4.15. The number of anilines is 1. The SMILES string of the molecule is NC1N[C@@]2(c3cc(NC(=O)c4cnc(C(F)F)cn4)ccc3F)CCC[C@H]2CS1. The molecule has 1 aromatic heterocycles. The number of halogens is 3. The lowest BCUT2D eigenvalue weighted by molar-refractivity contribution is 0.102. The number of benzene rings is 1. The number of rotatable bonds is 4. The Morgan fingerprint density at radius 3 is 2.90 bits per heavy atom. The number of nitrogens with one attached hydrogen (secondary N) is 2. The molecule has 3 atom stereocenters. The summed E-state index contributed by atoms with van der Waals surface area (Å²) in [5.41, 5.74) is 5.49. The highest BCUT2D eigenvalue weighted by Crippen LogP contribution is 2.49. The Balaban J connectivity index is 1.59. The van der Waals surface area contributed by atoms with Crippen molar-refractivity contribution < 1.29 is 18.0 Å². The van der Waals surface area contributed by atoms with Crippen molar-refractivity contribution in [1.29, 1.82) is 0 Å². The summed E-state index contributed by atoms with van der Waals surface area (Å²) in [5, 5.41) is 6.01. The summed E-state index contributed by atoms with van der Waals surface area (Å²) in [6, 6.07) is 4.38. The van der Waals surface area contributed by atoms with Crippen molar-refractivity contribution in [3.8, 4) is 0 Å². The van der Waals surface area contributed by atoms with Gasteiger partial charge in [0.1, 0.15) is 22.7 Å². The van der Waals surface area contributed by atoms with Gasteiger partial charge in [-0.05, 0) is 37.0 Å². The van der Waals surface area contributed by atoms with Gasteiger partial charge < -0.3 is 11.1 Å². The Bertz CT molecular complexity index is 913. The van der Waals surface area contributed by atoms with E-state index in [1.54, 1.807) is 17.8 Å². The van der Waals surface area contributed by atoms with Crippen LogP contribution >= 0.6 is 11.8 Å². The maximum absolute atomic E-state index is 14.8. The van der Waals surface area contributed by atoms with E-state index in [2.05, 4.69) is 20.6 Å². The minimum Gasteiger partial charge on any atom is -0.321 e. The Labute approximate surface area is 169 Å². The van der Waals surface area contributed by atoms with Crippen LogP contribution in [-0.4, -0.2) is 27.1 Å². The Morgan fingerprint density at radius 1 is 1.34 bits per heavy atom. The third kappa shape index (κ3) is 3.84. The summed E-state index contributed by atoms with van der Waals surface area (Å²) in [6.45, 7) is 0. The molecule has 1 saturated heterocycles. The molecule has 154 valence electrons. The first-order chi connectivity index (χ1) is 13.9. The molecule has 2 fully saturated rings. The van der Waals surface area contributed by atoms with Gasteiger partial charge in [-0.25, -0.2) is 18.2 Å². The van der Waals surface area contributed by atoms with E-state index >= 15 is 0 Å². The van der Waals surface area contributed by atoms with Gasteiger partial charge in [-0.3, -0.25) is 15.1 Å². The molecule has 1 aromatic carbocycles. The molecule has 0 bridgehead atoms. The number of aromatic nitrogens is 2. The first-order valence-electron chi connectivity index (χ1n) is 9.25. The zero-order valence-electron chi connectivity index (χ0n) is 15.4. The third-order valence-corrected chi connectivity index (χ3v) is 6.60. The number of carbonyl (C=O) groups excluding carboxylic acids is 1. The molecule has 1 saturated carbocycles.